The number of hydrogen-bond acceptors (Lipinski definition) is 3. The first-order valence-electron chi connectivity index (χ1n) is 8.07. The van der Waals surface area contributed by atoms with Crippen LogP contribution < -0.4 is 14.8 Å². The molecule has 0 saturated carbocycles. The average Bonchev–Trinajstić information content (AvgIpc) is 2.67. The van der Waals surface area contributed by atoms with Crippen molar-refractivity contribution in [2.75, 3.05) is 12.4 Å². The molecule has 128 valence electrons. The molecule has 25 heavy (non-hydrogen) atoms. The molecular formula is C21H20FNO2. The van der Waals surface area contributed by atoms with Crippen LogP contribution in [0.15, 0.2) is 72.8 Å². The molecule has 1 N–H and O–H groups in total. The van der Waals surface area contributed by atoms with Crippen LogP contribution in [0.1, 0.15) is 11.1 Å². The van der Waals surface area contributed by atoms with Gasteiger partial charge in [0.1, 0.15) is 12.4 Å². The van der Waals surface area contributed by atoms with Crippen molar-refractivity contribution in [1.82, 2.24) is 0 Å². The second-order valence-electron chi connectivity index (χ2n) is 5.62. The number of benzene rings is 3. The molecular weight excluding hydrogens is 317 g/mol. The fourth-order valence-electron chi connectivity index (χ4n) is 2.45. The van der Waals surface area contributed by atoms with Gasteiger partial charge < -0.3 is 14.8 Å². The van der Waals surface area contributed by atoms with E-state index in [9.17, 15) is 4.39 Å². The Balaban J connectivity index is 1.63. The Hall–Kier alpha value is -3.01. The summed E-state index contributed by atoms with van der Waals surface area (Å²) in [4.78, 5) is 0. The normalized spacial score (nSPS) is 10.3. The third-order valence-electron chi connectivity index (χ3n) is 3.81. The van der Waals surface area contributed by atoms with E-state index in [4.69, 9.17) is 9.47 Å². The number of halogens is 1. The zero-order valence-electron chi connectivity index (χ0n) is 14.0. The number of nitrogens with one attached hydrogen (secondary N) is 1. The second-order valence-corrected chi connectivity index (χ2v) is 5.62. The Morgan fingerprint density at radius 3 is 2.32 bits per heavy atom. The number of hydrogen-bond donors (Lipinski definition) is 1. The third-order valence-corrected chi connectivity index (χ3v) is 3.81. The highest BCUT2D eigenvalue weighted by molar-refractivity contribution is 5.46. The summed E-state index contributed by atoms with van der Waals surface area (Å²) in [6.45, 7) is 1.10. The van der Waals surface area contributed by atoms with Crippen LogP contribution in [-0.2, 0) is 13.2 Å². The van der Waals surface area contributed by atoms with Crippen LogP contribution >= 0.6 is 0 Å². The molecule has 0 bridgehead atoms. The molecule has 0 saturated heterocycles. The lowest BCUT2D eigenvalue weighted by molar-refractivity contribution is 0.284. The predicted octanol–water partition coefficient (Wildman–Crippen LogP) is 5.03. The molecule has 0 heterocycles. The van der Waals surface area contributed by atoms with Crippen LogP contribution in [0.5, 0.6) is 11.5 Å². The summed E-state index contributed by atoms with van der Waals surface area (Å²) in [5.74, 6) is 1.15. The van der Waals surface area contributed by atoms with Crippen molar-refractivity contribution in [1.29, 1.82) is 0 Å². The first-order valence-corrected chi connectivity index (χ1v) is 8.07. The largest absolute Gasteiger partial charge is 0.493 e. The highest BCUT2D eigenvalue weighted by Crippen LogP contribution is 2.29. The summed E-state index contributed by atoms with van der Waals surface area (Å²) in [6.07, 6.45) is 0. The molecule has 0 aliphatic carbocycles. The summed E-state index contributed by atoms with van der Waals surface area (Å²) >= 11 is 0. The predicted molar refractivity (Wildman–Crippen MR) is 97.5 cm³/mol. The minimum atomic E-state index is -0.243. The first kappa shape index (κ1) is 16.8. The van der Waals surface area contributed by atoms with Crippen molar-refractivity contribution in [3.05, 3.63) is 89.7 Å². The lowest BCUT2D eigenvalue weighted by atomic mass is 10.2. The van der Waals surface area contributed by atoms with Crippen molar-refractivity contribution in [2.45, 2.75) is 13.2 Å². The number of ether oxygens (including phenoxy) is 2. The topological polar surface area (TPSA) is 30.5 Å². The van der Waals surface area contributed by atoms with E-state index in [1.807, 2.05) is 48.5 Å². The van der Waals surface area contributed by atoms with E-state index in [2.05, 4.69) is 5.32 Å². The van der Waals surface area contributed by atoms with Crippen molar-refractivity contribution in [2.24, 2.45) is 0 Å². The molecule has 3 nitrogen and oxygen atoms in total. The molecule has 0 aliphatic heterocycles. The summed E-state index contributed by atoms with van der Waals surface area (Å²) in [5, 5.41) is 3.25. The molecule has 0 radical (unpaired) electrons. The van der Waals surface area contributed by atoms with Crippen molar-refractivity contribution in [3.8, 4) is 11.5 Å². The van der Waals surface area contributed by atoms with E-state index in [1.54, 1.807) is 19.2 Å². The summed E-state index contributed by atoms with van der Waals surface area (Å²) in [6, 6.07) is 22.1. The van der Waals surface area contributed by atoms with Gasteiger partial charge in [-0.25, -0.2) is 4.39 Å². The van der Waals surface area contributed by atoms with Gasteiger partial charge in [0, 0.05) is 12.2 Å². The average molecular weight is 337 g/mol. The fraction of sp³-hybridized carbons (Fsp3) is 0.143. The summed E-state index contributed by atoms with van der Waals surface area (Å²) < 4.78 is 24.2. The van der Waals surface area contributed by atoms with Crippen molar-refractivity contribution >= 4 is 5.69 Å². The first-order chi connectivity index (χ1) is 12.2. The van der Waals surface area contributed by atoms with E-state index < -0.39 is 0 Å². The van der Waals surface area contributed by atoms with E-state index in [0.29, 0.717) is 24.7 Å². The van der Waals surface area contributed by atoms with Gasteiger partial charge in [-0.3, -0.25) is 0 Å². The molecule has 0 spiro atoms. The van der Waals surface area contributed by atoms with E-state index in [-0.39, 0.29) is 5.82 Å². The SMILES string of the molecule is COc1cc(CNc2ccc(F)cc2)ccc1OCc1ccccc1. The van der Waals surface area contributed by atoms with Gasteiger partial charge in [-0.15, -0.1) is 0 Å². The zero-order valence-corrected chi connectivity index (χ0v) is 14.0. The lowest BCUT2D eigenvalue weighted by Gasteiger charge is -2.13. The van der Waals surface area contributed by atoms with Crippen LogP contribution in [0.2, 0.25) is 0 Å². The minimum absolute atomic E-state index is 0.243. The quantitative estimate of drug-likeness (QED) is 0.656. The monoisotopic (exact) mass is 337 g/mol. The van der Waals surface area contributed by atoms with Gasteiger partial charge >= 0.3 is 0 Å². The highest BCUT2D eigenvalue weighted by Gasteiger charge is 2.06. The Morgan fingerprint density at radius 2 is 1.60 bits per heavy atom. The molecule has 3 aromatic rings. The Kier molecular flexibility index (Phi) is 5.52. The number of rotatable bonds is 7. The van der Waals surface area contributed by atoms with Gasteiger partial charge in [-0.1, -0.05) is 36.4 Å². The third kappa shape index (κ3) is 4.73. The van der Waals surface area contributed by atoms with Gasteiger partial charge in [-0.2, -0.15) is 0 Å². The Morgan fingerprint density at radius 1 is 0.840 bits per heavy atom. The molecule has 0 atom stereocenters. The maximum absolute atomic E-state index is 12.9. The summed E-state index contributed by atoms with van der Waals surface area (Å²) in [5.41, 5.74) is 3.02. The molecule has 0 aromatic heterocycles. The van der Waals surface area contributed by atoms with Crippen LogP contribution in [0.3, 0.4) is 0 Å². The lowest BCUT2D eigenvalue weighted by Crippen LogP contribution is -2.02. The van der Waals surface area contributed by atoms with Gasteiger partial charge in [-0.05, 0) is 47.5 Å². The second kappa shape index (κ2) is 8.20. The minimum Gasteiger partial charge on any atom is -0.493 e. The zero-order chi connectivity index (χ0) is 17.5. The maximum atomic E-state index is 12.9. The molecule has 0 aliphatic rings. The Labute approximate surface area is 147 Å². The molecule has 0 unspecified atom stereocenters. The van der Waals surface area contributed by atoms with Gasteiger partial charge in [0.25, 0.3) is 0 Å². The van der Waals surface area contributed by atoms with Gasteiger partial charge in [0.2, 0.25) is 0 Å². The smallest absolute Gasteiger partial charge is 0.161 e. The fourth-order valence-corrected chi connectivity index (χ4v) is 2.45. The van der Waals surface area contributed by atoms with E-state index in [1.165, 1.54) is 12.1 Å². The number of anilines is 1. The van der Waals surface area contributed by atoms with Crippen molar-refractivity contribution in [3.63, 3.8) is 0 Å². The molecule has 0 fully saturated rings. The standard InChI is InChI=1S/C21H20FNO2/c1-24-21-13-17(14-23-19-10-8-18(22)9-11-19)7-12-20(21)25-15-16-5-3-2-4-6-16/h2-13,23H,14-15H2,1H3. The number of methoxy groups -OCH3 is 1. The molecule has 3 aromatic carbocycles. The molecule has 0 amide bonds. The van der Waals surface area contributed by atoms with Crippen LogP contribution in [0, 0.1) is 5.82 Å². The van der Waals surface area contributed by atoms with Crippen LogP contribution in [0.25, 0.3) is 0 Å². The van der Waals surface area contributed by atoms with Crippen LogP contribution in [0.4, 0.5) is 10.1 Å². The van der Waals surface area contributed by atoms with Crippen molar-refractivity contribution < 1.29 is 13.9 Å². The molecule has 3 rings (SSSR count). The van der Waals surface area contributed by atoms with E-state index in [0.717, 1.165) is 16.8 Å². The highest BCUT2D eigenvalue weighted by atomic mass is 19.1. The van der Waals surface area contributed by atoms with Gasteiger partial charge in [0.05, 0.1) is 7.11 Å². The van der Waals surface area contributed by atoms with Gasteiger partial charge in [0.15, 0.2) is 11.5 Å². The van der Waals surface area contributed by atoms with E-state index >= 15 is 0 Å². The van der Waals surface area contributed by atoms with Crippen LogP contribution in [-0.4, -0.2) is 7.11 Å². The maximum Gasteiger partial charge on any atom is 0.161 e. The molecule has 4 heteroatoms. The Bertz CT molecular complexity index is 804. The summed E-state index contributed by atoms with van der Waals surface area (Å²) in [7, 11) is 1.63.